The summed E-state index contributed by atoms with van der Waals surface area (Å²) in [5.41, 5.74) is 0. The molecule has 0 aromatic carbocycles. The molecule has 2 N–H and O–H groups in total. The SMILES string of the molecule is CC(CCN(C)C)NS(=O)(=O)c1csc(C(=O)O)c1. The quantitative estimate of drug-likeness (QED) is 0.787. The second-order valence-corrected chi connectivity index (χ2v) is 7.19. The maximum Gasteiger partial charge on any atom is 0.345 e. The van der Waals surface area contributed by atoms with Crippen LogP contribution in [0.15, 0.2) is 16.3 Å². The maximum atomic E-state index is 12.0. The van der Waals surface area contributed by atoms with E-state index in [1.54, 1.807) is 6.92 Å². The highest BCUT2D eigenvalue weighted by atomic mass is 32.2. The summed E-state index contributed by atoms with van der Waals surface area (Å²) in [6.45, 7) is 2.55. The molecule has 0 bridgehead atoms. The Labute approximate surface area is 117 Å². The number of carboxylic acids is 1. The number of sulfonamides is 1. The van der Waals surface area contributed by atoms with Crippen LogP contribution in [-0.4, -0.2) is 51.1 Å². The summed E-state index contributed by atoms with van der Waals surface area (Å²) < 4.78 is 26.6. The Kier molecular flexibility index (Phi) is 5.48. The minimum absolute atomic E-state index is 0.00611. The number of carboxylic acid groups (broad SMARTS) is 1. The van der Waals surface area contributed by atoms with Crippen molar-refractivity contribution in [3.05, 3.63) is 16.3 Å². The lowest BCUT2D eigenvalue weighted by molar-refractivity contribution is 0.0702. The average molecular weight is 306 g/mol. The minimum Gasteiger partial charge on any atom is -0.477 e. The van der Waals surface area contributed by atoms with Crippen molar-refractivity contribution < 1.29 is 18.3 Å². The molecule has 0 aliphatic rings. The van der Waals surface area contributed by atoms with Gasteiger partial charge in [0.25, 0.3) is 0 Å². The molecule has 1 aromatic rings. The third kappa shape index (κ3) is 4.90. The zero-order chi connectivity index (χ0) is 14.6. The van der Waals surface area contributed by atoms with Gasteiger partial charge in [-0.05, 0) is 40.1 Å². The first-order valence-electron chi connectivity index (χ1n) is 5.71. The van der Waals surface area contributed by atoms with E-state index in [1.807, 2.05) is 19.0 Å². The van der Waals surface area contributed by atoms with Crippen LogP contribution < -0.4 is 4.72 Å². The Bertz CT molecular complexity index is 537. The molecule has 0 saturated carbocycles. The maximum absolute atomic E-state index is 12.0. The molecule has 108 valence electrons. The normalized spacial score (nSPS) is 13.7. The van der Waals surface area contributed by atoms with Gasteiger partial charge in [-0.3, -0.25) is 0 Å². The van der Waals surface area contributed by atoms with Gasteiger partial charge in [-0.1, -0.05) is 0 Å². The molecule has 1 heterocycles. The summed E-state index contributed by atoms with van der Waals surface area (Å²) in [6, 6.07) is 0.967. The van der Waals surface area contributed by atoms with Gasteiger partial charge in [0.1, 0.15) is 4.88 Å². The molecule has 0 aliphatic heterocycles. The largest absolute Gasteiger partial charge is 0.477 e. The highest BCUT2D eigenvalue weighted by Gasteiger charge is 2.20. The fraction of sp³-hybridized carbons (Fsp3) is 0.545. The lowest BCUT2D eigenvalue weighted by Gasteiger charge is -2.16. The van der Waals surface area contributed by atoms with E-state index >= 15 is 0 Å². The molecule has 0 fully saturated rings. The number of aromatic carboxylic acids is 1. The topological polar surface area (TPSA) is 86.7 Å². The van der Waals surface area contributed by atoms with E-state index in [0.717, 1.165) is 17.9 Å². The highest BCUT2D eigenvalue weighted by Crippen LogP contribution is 2.19. The summed E-state index contributed by atoms with van der Waals surface area (Å²) >= 11 is 0.903. The van der Waals surface area contributed by atoms with E-state index in [0.29, 0.717) is 6.42 Å². The molecule has 19 heavy (non-hydrogen) atoms. The fourth-order valence-corrected chi connectivity index (χ4v) is 3.80. The van der Waals surface area contributed by atoms with Crippen molar-refractivity contribution in [2.24, 2.45) is 0 Å². The molecule has 1 rings (SSSR count). The number of nitrogens with one attached hydrogen (secondary N) is 1. The van der Waals surface area contributed by atoms with Crippen LogP contribution in [-0.2, 0) is 10.0 Å². The second-order valence-electron chi connectivity index (χ2n) is 4.57. The van der Waals surface area contributed by atoms with Gasteiger partial charge < -0.3 is 10.0 Å². The molecule has 0 aliphatic carbocycles. The monoisotopic (exact) mass is 306 g/mol. The molecule has 0 amide bonds. The summed E-state index contributed by atoms with van der Waals surface area (Å²) in [5.74, 6) is -1.12. The van der Waals surface area contributed by atoms with Crippen LogP contribution in [0.1, 0.15) is 23.0 Å². The van der Waals surface area contributed by atoms with Gasteiger partial charge in [0.15, 0.2) is 0 Å². The van der Waals surface area contributed by atoms with E-state index < -0.39 is 16.0 Å². The van der Waals surface area contributed by atoms with E-state index in [-0.39, 0.29) is 15.8 Å². The van der Waals surface area contributed by atoms with Crippen molar-refractivity contribution in [1.82, 2.24) is 9.62 Å². The molecule has 0 saturated heterocycles. The molecule has 1 atom stereocenters. The molecule has 1 aromatic heterocycles. The first kappa shape index (κ1) is 16.1. The zero-order valence-electron chi connectivity index (χ0n) is 11.1. The number of rotatable bonds is 7. The van der Waals surface area contributed by atoms with Crippen LogP contribution in [0.4, 0.5) is 0 Å². The van der Waals surface area contributed by atoms with Crippen molar-refractivity contribution in [3.8, 4) is 0 Å². The zero-order valence-corrected chi connectivity index (χ0v) is 12.7. The van der Waals surface area contributed by atoms with Gasteiger partial charge in [0.2, 0.25) is 10.0 Å². The van der Waals surface area contributed by atoms with Crippen LogP contribution in [0.2, 0.25) is 0 Å². The molecular formula is C11H18N2O4S2. The smallest absolute Gasteiger partial charge is 0.345 e. The summed E-state index contributed by atoms with van der Waals surface area (Å²) in [4.78, 5) is 12.7. The Balaban J connectivity index is 2.72. The van der Waals surface area contributed by atoms with Gasteiger partial charge in [-0.25, -0.2) is 17.9 Å². The minimum atomic E-state index is -3.64. The first-order valence-corrected chi connectivity index (χ1v) is 8.07. The van der Waals surface area contributed by atoms with E-state index in [9.17, 15) is 13.2 Å². The first-order chi connectivity index (χ1) is 8.72. The third-order valence-electron chi connectivity index (χ3n) is 2.46. The van der Waals surface area contributed by atoms with Crippen LogP contribution in [0, 0.1) is 0 Å². The molecule has 0 spiro atoms. The van der Waals surface area contributed by atoms with Gasteiger partial charge >= 0.3 is 5.97 Å². The van der Waals surface area contributed by atoms with E-state index in [1.165, 1.54) is 11.4 Å². The van der Waals surface area contributed by atoms with E-state index in [4.69, 9.17) is 5.11 Å². The Morgan fingerprint density at radius 3 is 2.63 bits per heavy atom. The number of nitrogens with zero attached hydrogens (tertiary/aromatic N) is 1. The number of carbonyl (C=O) groups is 1. The summed E-state index contributed by atoms with van der Waals surface area (Å²) in [7, 11) is 0.190. The van der Waals surface area contributed by atoms with Crippen molar-refractivity contribution in [1.29, 1.82) is 0 Å². The highest BCUT2D eigenvalue weighted by molar-refractivity contribution is 7.89. The van der Waals surface area contributed by atoms with Gasteiger partial charge in [-0.2, -0.15) is 0 Å². The predicted octanol–water partition coefficient (Wildman–Crippen LogP) is 1.06. The number of hydrogen-bond donors (Lipinski definition) is 2. The van der Waals surface area contributed by atoms with Crippen LogP contribution >= 0.6 is 11.3 Å². The van der Waals surface area contributed by atoms with Crippen molar-refractivity contribution in [2.75, 3.05) is 20.6 Å². The van der Waals surface area contributed by atoms with Gasteiger partial charge in [0, 0.05) is 11.4 Å². The molecular weight excluding hydrogens is 288 g/mol. The van der Waals surface area contributed by atoms with Crippen molar-refractivity contribution >= 4 is 27.3 Å². The Morgan fingerprint density at radius 2 is 2.16 bits per heavy atom. The standard InChI is InChI=1S/C11H18N2O4S2/c1-8(4-5-13(2)3)12-19(16,17)9-6-10(11(14)15)18-7-9/h6-8,12H,4-5H2,1-3H3,(H,14,15). The lowest BCUT2D eigenvalue weighted by Crippen LogP contribution is -2.34. The number of hydrogen-bond acceptors (Lipinski definition) is 5. The average Bonchev–Trinajstić information content (AvgIpc) is 2.75. The Hall–Kier alpha value is -0.960. The van der Waals surface area contributed by atoms with Crippen molar-refractivity contribution in [3.63, 3.8) is 0 Å². The Morgan fingerprint density at radius 1 is 1.53 bits per heavy atom. The van der Waals surface area contributed by atoms with Gasteiger partial charge in [0.05, 0.1) is 4.90 Å². The van der Waals surface area contributed by atoms with Crippen LogP contribution in [0.25, 0.3) is 0 Å². The van der Waals surface area contributed by atoms with E-state index in [2.05, 4.69) is 4.72 Å². The predicted molar refractivity (Wildman–Crippen MR) is 74.2 cm³/mol. The van der Waals surface area contributed by atoms with Crippen LogP contribution in [0.5, 0.6) is 0 Å². The number of thiophene rings is 1. The second kappa shape index (κ2) is 6.47. The molecule has 1 unspecified atom stereocenters. The third-order valence-corrected chi connectivity index (χ3v) is 5.10. The van der Waals surface area contributed by atoms with Crippen molar-refractivity contribution in [2.45, 2.75) is 24.3 Å². The summed E-state index contributed by atoms with van der Waals surface area (Å²) in [6.07, 6.45) is 0.683. The summed E-state index contributed by atoms with van der Waals surface area (Å²) in [5, 5.41) is 10.1. The van der Waals surface area contributed by atoms with Gasteiger partial charge in [-0.15, -0.1) is 11.3 Å². The van der Waals surface area contributed by atoms with Crippen LogP contribution in [0.3, 0.4) is 0 Å². The lowest BCUT2D eigenvalue weighted by atomic mass is 10.2. The molecule has 8 heteroatoms. The fourth-order valence-electron chi connectivity index (χ4n) is 1.42. The molecule has 6 nitrogen and oxygen atoms in total. The molecule has 0 radical (unpaired) electrons.